The molecule has 0 rings (SSSR count). The van der Waals surface area contributed by atoms with Crippen molar-refractivity contribution in [2.75, 3.05) is 6.54 Å². The molecule has 0 aliphatic heterocycles. The normalized spacial score (nSPS) is 13.5. The quantitative estimate of drug-likeness (QED) is 0.225. The fraction of sp³-hybridized carbons (Fsp3) is 0.800. The van der Waals surface area contributed by atoms with Crippen LogP contribution in [0.15, 0.2) is 5.16 Å². The number of hydrogen-bond acceptors (Lipinski definition) is 3. The van der Waals surface area contributed by atoms with E-state index in [0.29, 0.717) is 0 Å². The van der Waals surface area contributed by atoms with Gasteiger partial charge in [-0.05, 0) is 26.7 Å². The number of nitrogens with two attached hydrogens (primary N) is 1. The monoisotopic (exact) mass is 269 g/mol. The van der Waals surface area contributed by atoms with E-state index in [0.717, 1.165) is 0 Å². The standard InChI is InChI=1S/C10H18F3N3O2/c1-9(2,7(14)16-18)8(17)15-6-4-3-5-10(11,12)13/h18H,3-6H2,1-2H3,(H2,14,16)(H,15,17). The Bertz CT molecular complexity index is 314. The minimum atomic E-state index is -4.17. The van der Waals surface area contributed by atoms with Crippen molar-refractivity contribution >= 4 is 11.7 Å². The van der Waals surface area contributed by atoms with Crippen LogP contribution in [0.1, 0.15) is 33.1 Å². The largest absolute Gasteiger partial charge is 0.409 e. The Balaban J connectivity index is 3.99. The number of rotatable bonds is 6. The Morgan fingerprint density at radius 2 is 1.89 bits per heavy atom. The maximum atomic E-state index is 11.8. The highest BCUT2D eigenvalue weighted by molar-refractivity contribution is 6.05. The van der Waals surface area contributed by atoms with Gasteiger partial charge < -0.3 is 16.3 Å². The number of carbonyl (C=O) groups excluding carboxylic acids is 1. The Labute approximate surface area is 103 Å². The zero-order valence-corrected chi connectivity index (χ0v) is 10.3. The van der Waals surface area contributed by atoms with Crippen molar-refractivity contribution in [1.82, 2.24) is 5.32 Å². The average Bonchev–Trinajstić information content (AvgIpc) is 2.25. The fourth-order valence-electron chi connectivity index (χ4n) is 1.11. The molecule has 0 unspecified atom stereocenters. The van der Waals surface area contributed by atoms with Crippen LogP contribution in [0.3, 0.4) is 0 Å². The molecule has 0 aromatic heterocycles. The van der Waals surface area contributed by atoms with Crippen LogP contribution >= 0.6 is 0 Å². The highest BCUT2D eigenvalue weighted by atomic mass is 19.4. The predicted molar refractivity (Wildman–Crippen MR) is 60.1 cm³/mol. The van der Waals surface area contributed by atoms with E-state index < -0.39 is 23.9 Å². The molecule has 0 saturated heterocycles. The van der Waals surface area contributed by atoms with Gasteiger partial charge in [-0.15, -0.1) is 0 Å². The molecule has 18 heavy (non-hydrogen) atoms. The Hall–Kier alpha value is -1.47. The van der Waals surface area contributed by atoms with E-state index in [4.69, 9.17) is 10.9 Å². The molecule has 0 aromatic rings. The van der Waals surface area contributed by atoms with Crippen molar-refractivity contribution in [3.05, 3.63) is 0 Å². The van der Waals surface area contributed by atoms with Gasteiger partial charge in [-0.1, -0.05) is 5.16 Å². The lowest BCUT2D eigenvalue weighted by molar-refractivity contribution is -0.135. The molecule has 0 fully saturated rings. The van der Waals surface area contributed by atoms with E-state index in [2.05, 4.69) is 10.5 Å². The van der Waals surface area contributed by atoms with Gasteiger partial charge in [-0.2, -0.15) is 13.2 Å². The minimum absolute atomic E-state index is 0.0478. The molecule has 0 radical (unpaired) electrons. The minimum Gasteiger partial charge on any atom is -0.409 e. The number of amidine groups is 1. The summed E-state index contributed by atoms with van der Waals surface area (Å²) in [7, 11) is 0. The molecule has 0 saturated carbocycles. The van der Waals surface area contributed by atoms with Gasteiger partial charge in [0.15, 0.2) is 5.84 Å². The number of nitrogens with zero attached hydrogens (tertiary/aromatic N) is 1. The number of unbranched alkanes of at least 4 members (excludes halogenated alkanes) is 1. The average molecular weight is 269 g/mol. The third kappa shape index (κ3) is 5.74. The van der Waals surface area contributed by atoms with Gasteiger partial charge >= 0.3 is 6.18 Å². The van der Waals surface area contributed by atoms with E-state index in [1.54, 1.807) is 0 Å². The van der Waals surface area contributed by atoms with Gasteiger partial charge in [0, 0.05) is 13.0 Å². The lowest BCUT2D eigenvalue weighted by Gasteiger charge is -2.21. The van der Waals surface area contributed by atoms with Crippen LogP contribution in [0.2, 0.25) is 0 Å². The first-order valence-electron chi connectivity index (χ1n) is 5.44. The number of hydrogen-bond donors (Lipinski definition) is 3. The second kappa shape index (κ2) is 6.46. The molecule has 0 heterocycles. The maximum Gasteiger partial charge on any atom is 0.389 e. The lowest BCUT2D eigenvalue weighted by Crippen LogP contribution is -2.46. The second-order valence-corrected chi connectivity index (χ2v) is 4.44. The number of alkyl halides is 3. The summed E-state index contributed by atoms with van der Waals surface area (Å²) in [4.78, 5) is 11.6. The molecule has 1 amide bonds. The summed E-state index contributed by atoms with van der Waals surface area (Å²) >= 11 is 0. The molecule has 0 bridgehead atoms. The molecule has 0 atom stereocenters. The first-order chi connectivity index (χ1) is 8.11. The van der Waals surface area contributed by atoms with Gasteiger partial charge in [0.1, 0.15) is 5.41 Å². The van der Waals surface area contributed by atoms with Crippen molar-refractivity contribution in [2.45, 2.75) is 39.3 Å². The third-order valence-corrected chi connectivity index (χ3v) is 2.49. The highest BCUT2D eigenvalue weighted by Gasteiger charge is 2.32. The van der Waals surface area contributed by atoms with E-state index in [-0.39, 0.29) is 25.2 Å². The number of nitrogens with one attached hydrogen (secondary N) is 1. The van der Waals surface area contributed by atoms with Gasteiger partial charge in [0.2, 0.25) is 5.91 Å². The molecule has 106 valence electrons. The summed E-state index contributed by atoms with van der Waals surface area (Å²) in [6, 6.07) is 0. The number of halogens is 3. The molecule has 5 nitrogen and oxygen atoms in total. The molecule has 0 aliphatic carbocycles. The van der Waals surface area contributed by atoms with Crippen LogP contribution in [0.5, 0.6) is 0 Å². The number of oxime groups is 1. The summed E-state index contributed by atoms with van der Waals surface area (Å²) in [5.41, 5.74) is 4.13. The van der Waals surface area contributed by atoms with Gasteiger partial charge in [-0.3, -0.25) is 4.79 Å². The SMILES string of the molecule is CC(C)(C(=O)NCCCCC(F)(F)F)C(N)=NO. The van der Waals surface area contributed by atoms with Crippen molar-refractivity contribution in [3.8, 4) is 0 Å². The van der Waals surface area contributed by atoms with Gasteiger partial charge in [0.25, 0.3) is 0 Å². The summed E-state index contributed by atoms with van der Waals surface area (Å²) in [6.07, 6.45) is -4.87. The Morgan fingerprint density at radius 1 is 1.33 bits per heavy atom. The fourth-order valence-corrected chi connectivity index (χ4v) is 1.11. The van der Waals surface area contributed by atoms with Crippen LogP contribution in [0.25, 0.3) is 0 Å². The predicted octanol–water partition coefficient (Wildman–Crippen LogP) is 1.61. The van der Waals surface area contributed by atoms with Gasteiger partial charge in [0.05, 0.1) is 0 Å². The molecular weight excluding hydrogens is 251 g/mol. The molecule has 4 N–H and O–H groups in total. The van der Waals surface area contributed by atoms with Crippen LogP contribution in [-0.4, -0.2) is 29.7 Å². The molecule has 0 aliphatic rings. The third-order valence-electron chi connectivity index (χ3n) is 2.49. The summed E-state index contributed by atoms with van der Waals surface area (Å²) in [5, 5.41) is 13.7. The van der Waals surface area contributed by atoms with Crippen molar-refractivity contribution in [1.29, 1.82) is 0 Å². The molecule has 0 spiro atoms. The molecule has 0 aromatic carbocycles. The second-order valence-electron chi connectivity index (χ2n) is 4.44. The molecular formula is C10H18F3N3O2. The van der Waals surface area contributed by atoms with Crippen molar-refractivity contribution < 1.29 is 23.2 Å². The van der Waals surface area contributed by atoms with Crippen molar-refractivity contribution in [2.24, 2.45) is 16.3 Å². The maximum absolute atomic E-state index is 11.8. The Kier molecular flexibility index (Phi) is 5.93. The first-order valence-corrected chi connectivity index (χ1v) is 5.44. The number of carbonyl (C=O) groups is 1. The van der Waals surface area contributed by atoms with E-state index >= 15 is 0 Å². The topological polar surface area (TPSA) is 87.7 Å². The van der Waals surface area contributed by atoms with E-state index in [1.165, 1.54) is 13.8 Å². The van der Waals surface area contributed by atoms with Crippen LogP contribution in [0, 0.1) is 5.41 Å². The van der Waals surface area contributed by atoms with Gasteiger partial charge in [-0.25, -0.2) is 0 Å². The zero-order chi connectivity index (χ0) is 14.4. The van der Waals surface area contributed by atoms with Crippen LogP contribution in [-0.2, 0) is 4.79 Å². The van der Waals surface area contributed by atoms with Crippen LogP contribution < -0.4 is 11.1 Å². The smallest absolute Gasteiger partial charge is 0.389 e. The van der Waals surface area contributed by atoms with Crippen molar-refractivity contribution in [3.63, 3.8) is 0 Å². The molecule has 8 heteroatoms. The first kappa shape index (κ1) is 16.5. The lowest BCUT2D eigenvalue weighted by atomic mass is 9.91. The summed E-state index contributed by atoms with van der Waals surface area (Å²) in [5.74, 6) is -0.750. The van der Waals surface area contributed by atoms with E-state index in [9.17, 15) is 18.0 Å². The Morgan fingerprint density at radius 3 is 2.33 bits per heavy atom. The van der Waals surface area contributed by atoms with E-state index in [1.807, 2.05) is 0 Å². The summed E-state index contributed by atoms with van der Waals surface area (Å²) < 4.78 is 35.5. The highest BCUT2D eigenvalue weighted by Crippen LogP contribution is 2.22. The zero-order valence-electron chi connectivity index (χ0n) is 10.3. The number of amides is 1. The summed E-state index contributed by atoms with van der Waals surface area (Å²) in [6.45, 7) is 3.03. The van der Waals surface area contributed by atoms with Crippen LogP contribution in [0.4, 0.5) is 13.2 Å².